The first-order valence-electron chi connectivity index (χ1n) is 6.51. The van der Waals surface area contributed by atoms with Gasteiger partial charge in [0.25, 0.3) is 5.95 Å². The van der Waals surface area contributed by atoms with E-state index in [1.807, 2.05) is 0 Å². The Bertz CT molecular complexity index is 600. The van der Waals surface area contributed by atoms with Crippen LogP contribution >= 0.6 is 0 Å². The third-order valence-corrected chi connectivity index (χ3v) is 2.54. The SMILES string of the molecule is CCOC(=O)C(C)Nc1nc(NC)nc(-n2cccn2)n1. The highest BCUT2D eigenvalue weighted by molar-refractivity contribution is 5.78. The topological polar surface area (TPSA) is 107 Å². The summed E-state index contributed by atoms with van der Waals surface area (Å²) in [6, 6.07) is 1.19. The van der Waals surface area contributed by atoms with Crippen molar-refractivity contribution in [2.24, 2.45) is 0 Å². The van der Waals surface area contributed by atoms with E-state index in [9.17, 15) is 4.79 Å². The molecule has 0 aliphatic carbocycles. The van der Waals surface area contributed by atoms with Crippen LogP contribution in [0.25, 0.3) is 5.95 Å². The summed E-state index contributed by atoms with van der Waals surface area (Å²) in [6.45, 7) is 3.75. The molecule has 0 radical (unpaired) electrons. The summed E-state index contributed by atoms with van der Waals surface area (Å²) in [5, 5.41) is 9.79. The first-order chi connectivity index (χ1) is 10.1. The monoisotopic (exact) mass is 291 g/mol. The van der Waals surface area contributed by atoms with Gasteiger partial charge in [0.05, 0.1) is 6.61 Å². The van der Waals surface area contributed by atoms with Gasteiger partial charge in [-0.25, -0.2) is 9.48 Å². The maximum atomic E-state index is 11.6. The Morgan fingerprint density at radius 2 is 2.14 bits per heavy atom. The number of aromatic nitrogens is 5. The lowest BCUT2D eigenvalue weighted by Gasteiger charge is -2.13. The van der Waals surface area contributed by atoms with E-state index >= 15 is 0 Å². The quantitative estimate of drug-likeness (QED) is 0.739. The van der Waals surface area contributed by atoms with Crippen molar-refractivity contribution in [3.8, 4) is 5.95 Å². The lowest BCUT2D eigenvalue weighted by atomic mass is 10.3. The molecule has 2 rings (SSSR count). The van der Waals surface area contributed by atoms with Gasteiger partial charge in [-0.15, -0.1) is 0 Å². The zero-order valence-corrected chi connectivity index (χ0v) is 12.1. The van der Waals surface area contributed by atoms with Gasteiger partial charge in [0.1, 0.15) is 6.04 Å². The molecule has 0 bridgehead atoms. The molecule has 0 saturated heterocycles. The predicted octanol–water partition coefficient (Wildman–Crippen LogP) is 0.462. The summed E-state index contributed by atoms with van der Waals surface area (Å²) < 4.78 is 6.43. The van der Waals surface area contributed by atoms with Crippen molar-refractivity contribution in [1.29, 1.82) is 0 Å². The Kier molecular flexibility index (Phi) is 4.64. The highest BCUT2D eigenvalue weighted by Crippen LogP contribution is 2.09. The van der Waals surface area contributed by atoms with E-state index in [4.69, 9.17) is 4.74 Å². The number of carbonyl (C=O) groups excluding carboxylic acids is 1. The fourth-order valence-corrected chi connectivity index (χ4v) is 1.55. The van der Waals surface area contributed by atoms with Crippen molar-refractivity contribution in [3.63, 3.8) is 0 Å². The number of anilines is 2. The summed E-state index contributed by atoms with van der Waals surface area (Å²) in [5.74, 6) is 0.608. The maximum absolute atomic E-state index is 11.6. The first-order valence-corrected chi connectivity index (χ1v) is 6.51. The van der Waals surface area contributed by atoms with Gasteiger partial charge >= 0.3 is 5.97 Å². The van der Waals surface area contributed by atoms with Crippen LogP contribution in [-0.2, 0) is 9.53 Å². The summed E-state index contributed by atoms with van der Waals surface area (Å²) in [6.07, 6.45) is 3.34. The van der Waals surface area contributed by atoms with Crippen LogP contribution in [0.15, 0.2) is 18.5 Å². The standard InChI is InChI=1S/C12H17N7O2/c1-4-21-9(20)8(2)15-11-16-10(13-3)17-12(18-11)19-7-5-6-14-19/h5-8H,4H2,1-3H3,(H2,13,15,16,17,18). The van der Waals surface area contributed by atoms with Crippen molar-refractivity contribution >= 4 is 17.9 Å². The minimum atomic E-state index is -0.567. The van der Waals surface area contributed by atoms with Crippen LogP contribution < -0.4 is 10.6 Å². The fourth-order valence-electron chi connectivity index (χ4n) is 1.55. The van der Waals surface area contributed by atoms with Gasteiger partial charge < -0.3 is 15.4 Å². The third kappa shape index (κ3) is 3.65. The minimum Gasteiger partial charge on any atom is -0.464 e. The van der Waals surface area contributed by atoms with Crippen LogP contribution in [0.3, 0.4) is 0 Å². The van der Waals surface area contributed by atoms with E-state index in [1.165, 1.54) is 4.68 Å². The van der Waals surface area contributed by atoms with Crippen LogP contribution in [0.5, 0.6) is 0 Å². The van der Waals surface area contributed by atoms with Crippen molar-refractivity contribution in [2.75, 3.05) is 24.3 Å². The van der Waals surface area contributed by atoms with Crippen LogP contribution in [0.1, 0.15) is 13.8 Å². The smallest absolute Gasteiger partial charge is 0.328 e. The molecular formula is C12H17N7O2. The number of hydrogen-bond donors (Lipinski definition) is 2. The molecule has 0 fully saturated rings. The normalized spacial score (nSPS) is 11.8. The minimum absolute atomic E-state index is 0.264. The van der Waals surface area contributed by atoms with Crippen LogP contribution in [-0.4, -0.2) is 50.4 Å². The van der Waals surface area contributed by atoms with Gasteiger partial charge in [-0.05, 0) is 19.9 Å². The molecule has 9 heteroatoms. The highest BCUT2D eigenvalue weighted by Gasteiger charge is 2.16. The van der Waals surface area contributed by atoms with Crippen molar-refractivity contribution < 1.29 is 9.53 Å². The molecule has 21 heavy (non-hydrogen) atoms. The summed E-state index contributed by atoms with van der Waals surface area (Å²) in [7, 11) is 1.70. The van der Waals surface area contributed by atoms with E-state index in [0.29, 0.717) is 18.5 Å². The van der Waals surface area contributed by atoms with Crippen molar-refractivity contribution in [3.05, 3.63) is 18.5 Å². The maximum Gasteiger partial charge on any atom is 0.328 e. The first kappa shape index (κ1) is 14.7. The lowest BCUT2D eigenvalue weighted by Crippen LogP contribution is -2.29. The number of nitrogens with one attached hydrogen (secondary N) is 2. The number of rotatable bonds is 6. The molecule has 2 heterocycles. The number of esters is 1. The van der Waals surface area contributed by atoms with Gasteiger partial charge in [-0.2, -0.15) is 20.1 Å². The highest BCUT2D eigenvalue weighted by atomic mass is 16.5. The van der Waals surface area contributed by atoms with Crippen LogP contribution in [0, 0.1) is 0 Å². The van der Waals surface area contributed by atoms with E-state index in [-0.39, 0.29) is 11.9 Å². The molecular weight excluding hydrogens is 274 g/mol. The zero-order valence-electron chi connectivity index (χ0n) is 12.1. The summed E-state index contributed by atoms with van der Waals surface area (Å²) in [5.41, 5.74) is 0. The second-order valence-corrected chi connectivity index (χ2v) is 4.10. The zero-order chi connectivity index (χ0) is 15.2. The summed E-state index contributed by atoms with van der Waals surface area (Å²) in [4.78, 5) is 24.2. The molecule has 1 unspecified atom stereocenters. The number of carbonyl (C=O) groups is 1. The molecule has 0 aliphatic heterocycles. The average molecular weight is 291 g/mol. The molecule has 0 amide bonds. The fraction of sp³-hybridized carbons (Fsp3) is 0.417. The van der Waals surface area contributed by atoms with Gasteiger partial charge in [-0.3, -0.25) is 0 Å². The Morgan fingerprint density at radius 3 is 2.76 bits per heavy atom. The molecule has 2 aromatic rings. The van der Waals surface area contributed by atoms with Gasteiger partial charge in [0.2, 0.25) is 11.9 Å². The Hall–Kier alpha value is -2.71. The van der Waals surface area contributed by atoms with E-state index in [2.05, 4.69) is 30.7 Å². The largest absolute Gasteiger partial charge is 0.464 e. The van der Waals surface area contributed by atoms with Gasteiger partial charge in [-0.1, -0.05) is 0 Å². The Morgan fingerprint density at radius 1 is 1.38 bits per heavy atom. The molecule has 9 nitrogen and oxygen atoms in total. The van der Waals surface area contributed by atoms with Crippen molar-refractivity contribution in [1.82, 2.24) is 24.7 Å². The van der Waals surface area contributed by atoms with Crippen molar-refractivity contribution in [2.45, 2.75) is 19.9 Å². The molecule has 2 aromatic heterocycles. The Labute approximate surface area is 121 Å². The number of nitrogens with zero attached hydrogens (tertiary/aromatic N) is 5. The van der Waals surface area contributed by atoms with E-state index in [0.717, 1.165) is 0 Å². The van der Waals surface area contributed by atoms with E-state index in [1.54, 1.807) is 39.4 Å². The molecule has 0 aliphatic rings. The number of hydrogen-bond acceptors (Lipinski definition) is 8. The molecule has 0 saturated carbocycles. The molecule has 112 valence electrons. The summed E-state index contributed by atoms with van der Waals surface area (Å²) >= 11 is 0. The molecule has 0 aromatic carbocycles. The predicted molar refractivity (Wildman–Crippen MR) is 76.2 cm³/mol. The Balaban J connectivity index is 2.23. The second-order valence-electron chi connectivity index (χ2n) is 4.10. The third-order valence-electron chi connectivity index (χ3n) is 2.54. The van der Waals surface area contributed by atoms with Crippen LogP contribution in [0.2, 0.25) is 0 Å². The average Bonchev–Trinajstić information content (AvgIpc) is 3.01. The van der Waals surface area contributed by atoms with Gasteiger partial charge in [0.15, 0.2) is 0 Å². The van der Waals surface area contributed by atoms with Crippen LogP contribution in [0.4, 0.5) is 11.9 Å². The second kappa shape index (κ2) is 6.64. The van der Waals surface area contributed by atoms with Gasteiger partial charge in [0, 0.05) is 19.4 Å². The number of ether oxygens (including phenoxy) is 1. The molecule has 1 atom stereocenters. The molecule has 0 spiro atoms. The van der Waals surface area contributed by atoms with E-state index < -0.39 is 6.04 Å². The molecule has 2 N–H and O–H groups in total. The lowest BCUT2D eigenvalue weighted by molar-refractivity contribution is -0.143.